The lowest BCUT2D eigenvalue weighted by Crippen LogP contribution is -2.44. The Morgan fingerprint density at radius 2 is 1.61 bits per heavy atom. The summed E-state index contributed by atoms with van der Waals surface area (Å²) in [6.07, 6.45) is 0. The molecule has 3 N–H and O–H groups in total. The number of nitrogens with one attached hydrogen (secondary N) is 3. The second-order valence-corrected chi connectivity index (χ2v) is 10.5. The van der Waals surface area contributed by atoms with Crippen LogP contribution < -0.4 is 15.6 Å². The molecular formula is C24H25N3O4S2. The quantitative estimate of drug-likeness (QED) is 0.336. The zero-order valence-corrected chi connectivity index (χ0v) is 19.9. The second kappa shape index (κ2) is 11.1. The predicted octanol–water partition coefficient (Wildman–Crippen LogP) is 3.42. The van der Waals surface area contributed by atoms with E-state index in [0.717, 1.165) is 16.0 Å². The van der Waals surface area contributed by atoms with Crippen molar-refractivity contribution in [3.8, 4) is 0 Å². The van der Waals surface area contributed by atoms with Gasteiger partial charge >= 0.3 is 0 Å². The molecule has 7 nitrogen and oxygen atoms in total. The van der Waals surface area contributed by atoms with Gasteiger partial charge in [0.25, 0.3) is 11.8 Å². The van der Waals surface area contributed by atoms with Gasteiger partial charge in [-0.3, -0.25) is 20.4 Å². The molecule has 0 radical (unpaired) electrons. The van der Waals surface area contributed by atoms with Gasteiger partial charge < -0.3 is 0 Å². The number of hydrogen-bond acceptors (Lipinski definition) is 5. The van der Waals surface area contributed by atoms with E-state index in [1.54, 1.807) is 6.92 Å². The van der Waals surface area contributed by atoms with Crippen molar-refractivity contribution >= 4 is 33.6 Å². The lowest BCUT2D eigenvalue weighted by molar-refractivity contribution is -0.121. The van der Waals surface area contributed by atoms with E-state index in [1.807, 2.05) is 61.5 Å². The molecule has 3 aromatic rings. The lowest BCUT2D eigenvalue weighted by Gasteiger charge is -2.13. The first-order valence-corrected chi connectivity index (χ1v) is 12.6. The number of rotatable bonds is 8. The van der Waals surface area contributed by atoms with Crippen LogP contribution in [0.2, 0.25) is 0 Å². The minimum atomic E-state index is -3.82. The largest absolute Gasteiger partial charge is 0.272 e. The molecule has 2 amide bonds. The van der Waals surface area contributed by atoms with Gasteiger partial charge in [-0.15, -0.1) is 11.8 Å². The molecule has 0 saturated carbocycles. The highest BCUT2D eigenvalue weighted by Gasteiger charge is 2.18. The molecule has 0 aliphatic rings. The fraction of sp³-hybridized carbons (Fsp3) is 0.167. The summed E-state index contributed by atoms with van der Waals surface area (Å²) in [5.41, 5.74) is 6.79. The molecule has 0 spiro atoms. The minimum absolute atomic E-state index is 0.0410. The zero-order valence-electron chi connectivity index (χ0n) is 18.2. The van der Waals surface area contributed by atoms with Gasteiger partial charge in [0.15, 0.2) is 0 Å². The van der Waals surface area contributed by atoms with Crippen LogP contribution in [-0.4, -0.2) is 25.5 Å². The molecule has 0 bridgehead atoms. The van der Waals surface area contributed by atoms with Gasteiger partial charge in [0.1, 0.15) is 0 Å². The normalized spacial score (nSPS) is 12.1. The molecule has 33 heavy (non-hydrogen) atoms. The van der Waals surface area contributed by atoms with Crippen molar-refractivity contribution in [2.45, 2.75) is 35.4 Å². The van der Waals surface area contributed by atoms with Crippen LogP contribution in [0.5, 0.6) is 0 Å². The lowest BCUT2D eigenvalue weighted by atomic mass is 10.2. The Morgan fingerprint density at radius 1 is 0.909 bits per heavy atom. The molecule has 0 fully saturated rings. The third-order valence-electron chi connectivity index (χ3n) is 4.72. The molecule has 0 saturated heterocycles. The third-order valence-corrected chi connectivity index (χ3v) is 7.23. The molecule has 0 aliphatic carbocycles. The van der Waals surface area contributed by atoms with Gasteiger partial charge in [0, 0.05) is 17.0 Å². The summed E-state index contributed by atoms with van der Waals surface area (Å²) in [5.74, 6) is -0.988. The number of carbonyl (C=O) groups excluding carboxylic acids is 2. The Labute approximate surface area is 198 Å². The molecule has 172 valence electrons. The molecule has 0 heterocycles. The SMILES string of the molecule is Cc1ccc(SC(C)C(=O)NNC(=O)c2cccc(S(=O)(=O)NCc3ccccc3)c2)cc1. The Hall–Kier alpha value is -3.14. The summed E-state index contributed by atoms with van der Waals surface area (Å²) in [6, 6.07) is 22.5. The van der Waals surface area contributed by atoms with Crippen LogP contribution in [0.3, 0.4) is 0 Å². The topological polar surface area (TPSA) is 104 Å². The summed E-state index contributed by atoms with van der Waals surface area (Å²) < 4.78 is 27.7. The van der Waals surface area contributed by atoms with E-state index in [0.29, 0.717) is 0 Å². The molecule has 0 aliphatic heterocycles. The van der Waals surface area contributed by atoms with E-state index < -0.39 is 21.2 Å². The van der Waals surface area contributed by atoms with Crippen LogP contribution in [0.4, 0.5) is 0 Å². The van der Waals surface area contributed by atoms with Gasteiger partial charge in [-0.25, -0.2) is 13.1 Å². The third kappa shape index (κ3) is 7.18. The maximum Gasteiger partial charge on any atom is 0.269 e. The van der Waals surface area contributed by atoms with Crippen LogP contribution in [0.15, 0.2) is 88.7 Å². The van der Waals surface area contributed by atoms with Crippen LogP contribution in [0.25, 0.3) is 0 Å². The molecular weight excluding hydrogens is 458 g/mol. The molecule has 9 heteroatoms. The summed E-state index contributed by atoms with van der Waals surface area (Å²) in [4.78, 5) is 25.7. The van der Waals surface area contributed by atoms with Crippen molar-refractivity contribution in [3.05, 3.63) is 95.6 Å². The second-order valence-electron chi connectivity index (χ2n) is 7.35. The Morgan fingerprint density at radius 3 is 2.30 bits per heavy atom. The highest BCUT2D eigenvalue weighted by atomic mass is 32.2. The van der Waals surface area contributed by atoms with Crippen molar-refractivity contribution in [2.75, 3.05) is 0 Å². The van der Waals surface area contributed by atoms with Gasteiger partial charge in [-0.2, -0.15) is 0 Å². The van der Waals surface area contributed by atoms with Crippen molar-refractivity contribution in [1.82, 2.24) is 15.6 Å². The zero-order chi connectivity index (χ0) is 23.8. The first kappa shape index (κ1) is 24.5. The first-order chi connectivity index (χ1) is 15.7. The van der Waals surface area contributed by atoms with Gasteiger partial charge in [-0.05, 0) is 49.7 Å². The number of sulfonamides is 1. The molecule has 1 unspecified atom stereocenters. The van der Waals surface area contributed by atoms with E-state index in [9.17, 15) is 18.0 Å². The molecule has 1 atom stereocenters. The van der Waals surface area contributed by atoms with E-state index in [-0.39, 0.29) is 22.9 Å². The number of hydrogen-bond donors (Lipinski definition) is 3. The molecule has 0 aromatic heterocycles. The molecule has 3 aromatic carbocycles. The average molecular weight is 484 g/mol. The Balaban J connectivity index is 1.57. The van der Waals surface area contributed by atoms with Gasteiger partial charge in [-0.1, -0.05) is 54.1 Å². The van der Waals surface area contributed by atoms with Crippen LogP contribution in [0.1, 0.15) is 28.4 Å². The first-order valence-electron chi connectivity index (χ1n) is 10.2. The average Bonchev–Trinajstić information content (AvgIpc) is 2.83. The standard InChI is InChI=1S/C24H25N3O4S2/c1-17-11-13-21(14-12-17)32-18(2)23(28)26-27-24(29)20-9-6-10-22(15-20)33(30,31)25-16-19-7-4-3-5-8-19/h3-15,18,25H,16H2,1-2H3,(H,26,28)(H,27,29). The minimum Gasteiger partial charge on any atom is -0.272 e. The number of benzene rings is 3. The summed E-state index contributed by atoms with van der Waals surface area (Å²) in [5, 5.41) is -0.443. The number of carbonyl (C=O) groups is 2. The van der Waals surface area contributed by atoms with Crippen LogP contribution in [0, 0.1) is 6.92 Å². The van der Waals surface area contributed by atoms with E-state index in [1.165, 1.54) is 36.0 Å². The number of thioether (sulfide) groups is 1. The fourth-order valence-corrected chi connectivity index (χ4v) is 4.76. The van der Waals surface area contributed by atoms with Gasteiger partial charge in [0.05, 0.1) is 10.1 Å². The van der Waals surface area contributed by atoms with Crippen LogP contribution in [-0.2, 0) is 21.4 Å². The smallest absolute Gasteiger partial charge is 0.269 e. The summed E-state index contributed by atoms with van der Waals surface area (Å²) in [7, 11) is -3.82. The summed E-state index contributed by atoms with van der Waals surface area (Å²) in [6.45, 7) is 3.85. The van der Waals surface area contributed by atoms with Crippen LogP contribution >= 0.6 is 11.8 Å². The molecule has 3 rings (SSSR count). The maximum absolute atomic E-state index is 12.6. The number of amides is 2. The number of aryl methyl sites for hydroxylation is 1. The maximum atomic E-state index is 12.6. The monoisotopic (exact) mass is 483 g/mol. The van der Waals surface area contributed by atoms with E-state index >= 15 is 0 Å². The highest BCUT2D eigenvalue weighted by Crippen LogP contribution is 2.23. The van der Waals surface area contributed by atoms with E-state index in [4.69, 9.17) is 0 Å². The fourth-order valence-electron chi connectivity index (χ4n) is 2.83. The van der Waals surface area contributed by atoms with Crippen molar-refractivity contribution in [3.63, 3.8) is 0 Å². The van der Waals surface area contributed by atoms with E-state index in [2.05, 4.69) is 15.6 Å². The summed E-state index contributed by atoms with van der Waals surface area (Å²) >= 11 is 1.37. The van der Waals surface area contributed by atoms with Crippen molar-refractivity contribution < 1.29 is 18.0 Å². The highest BCUT2D eigenvalue weighted by molar-refractivity contribution is 8.00. The Bertz CT molecular complexity index is 1210. The van der Waals surface area contributed by atoms with Gasteiger partial charge in [0.2, 0.25) is 10.0 Å². The predicted molar refractivity (Wildman–Crippen MR) is 129 cm³/mol. The Kier molecular flexibility index (Phi) is 8.26. The van der Waals surface area contributed by atoms with Crippen molar-refractivity contribution in [2.24, 2.45) is 0 Å². The number of hydrazine groups is 1. The van der Waals surface area contributed by atoms with Crippen molar-refractivity contribution in [1.29, 1.82) is 0 Å².